The van der Waals surface area contributed by atoms with E-state index in [0.29, 0.717) is 17.5 Å². The monoisotopic (exact) mass is 474 g/mol. The van der Waals surface area contributed by atoms with Gasteiger partial charge in [-0.3, -0.25) is 9.69 Å². The molecule has 0 spiro atoms. The van der Waals surface area contributed by atoms with Crippen molar-refractivity contribution in [2.45, 2.75) is 57.7 Å². The van der Waals surface area contributed by atoms with Crippen LogP contribution in [0, 0.1) is 5.92 Å². The predicted octanol–water partition coefficient (Wildman–Crippen LogP) is 1.82. The Balaban J connectivity index is 1.32. The van der Waals surface area contributed by atoms with Crippen molar-refractivity contribution in [3.8, 4) is 5.75 Å². The molecule has 2 fully saturated rings. The fraction of sp³-hybridized carbons (Fsp3) is 0.667. The minimum Gasteiger partial charge on any atom is -0.487 e. The van der Waals surface area contributed by atoms with Crippen LogP contribution < -0.4 is 19.3 Å². The molecule has 1 N–H and O–H groups in total. The van der Waals surface area contributed by atoms with Crippen LogP contribution in [0.5, 0.6) is 5.75 Å². The van der Waals surface area contributed by atoms with Gasteiger partial charge in [-0.15, -0.1) is 0 Å². The summed E-state index contributed by atoms with van der Waals surface area (Å²) in [4.78, 5) is 25.5. The number of aliphatic hydroxyl groups excluding tert-OH is 1. The molecular formula is C24H36N5O5+. The molecule has 1 atom stereocenters. The smallest absolute Gasteiger partial charge is 0.316 e. The fourth-order valence-corrected chi connectivity index (χ4v) is 4.72. The molecule has 2 saturated heterocycles. The summed E-state index contributed by atoms with van der Waals surface area (Å²) in [5, 5.41) is 9.67. The van der Waals surface area contributed by atoms with Crippen LogP contribution in [0.2, 0.25) is 0 Å². The first-order valence-corrected chi connectivity index (χ1v) is 12.1. The minimum absolute atomic E-state index is 0.0701. The lowest BCUT2D eigenvalue weighted by Gasteiger charge is -2.30. The lowest BCUT2D eigenvalue weighted by atomic mass is 9.93. The number of aryl methyl sites for hydroxylation is 1. The molecule has 1 unspecified atom stereocenters. The highest BCUT2D eigenvalue weighted by atomic mass is 16.5. The SMILES string of the molecule is COC(=O)C(c1cc(N2CCC(Oc3cnc(N4CCC(O)CC4)nc3)CC2)[n+](C)o1)C(C)C. The summed E-state index contributed by atoms with van der Waals surface area (Å²) in [6.07, 6.45) is 6.56. The Morgan fingerprint density at radius 2 is 1.74 bits per heavy atom. The van der Waals surface area contributed by atoms with Crippen LogP contribution in [-0.4, -0.2) is 66.5 Å². The molecule has 2 aliphatic heterocycles. The lowest BCUT2D eigenvalue weighted by Crippen LogP contribution is -2.43. The molecule has 2 aliphatic rings. The van der Waals surface area contributed by atoms with Crippen molar-refractivity contribution in [2.24, 2.45) is 13.0 Å². The summed E-state index contributed by atoms with van der Waals surface area (Å²) in [6.45, 7) is 7.14. The van der Waals surface area contributed by atoms with Gasteiger partial charge in [0.1, 0.15) is 19.1 Å². The molecule has 2 aromatic rings. The highest BCUT2D eigenvalue weighted by Crippen LogP contribution is 2.29. The molecule has 10 heteroatoms. The van der Waals surface area contributed by atoms with E-state index in [4.69, 9.17) is 14.0 Å². The van der Waals surface area contributed by atoms with Crippen molar-refractivity contribution >= 4 is 17.7 Å². The van der Waals surface area contributed by atoms with E-state index in [1.165, 1.54) is 7.11 Å². The largest absolute Gasteiger partial charge is 0.487 e. The van der Waals surface area contributed by atoms with Crippen LogP contribution in [0.15, 0.2) is 23.0 Å². The Hall–Kier alpha value is -2.88. The van der Waals surface area contributed by atoms with Gasteiger partial charge in [0.05, 0.1) is 44.8 Å². The number of hydrogen-bond acceptors (Lipinski definition) is 9. The van der Waals surface area contributed by atoms with Gasteiger partial charge < -0.3 is 24.0 Å². The third-order valence-electron chi connectivity index (χ3n) is 6.70. The molecule has 10 nitrogen and oxygen atoms in total. The van der Waals surface area contributed by atoms with Gasteiger partial charge in [0, 0.05) is 25.9 Å². The Kier molecular flexibility index (Phi) is 7.55. The molecular weight excluding hydrogens is 438 g/mol. The van der Waals surface area contributed by atoms with E-state index in [1.54, 1.807) is 17.1 Å². The first kappa shape index (κ1) is 24.3. The Morgan fingerprint density at radius 3 is 2.32 bits per heavy atom. The quantitative estimate of drug-likeness (QED) is 0.475. The number of hydrogen-bond donors (Lipinski definition) is 1. The van der Waals surface area contributed by atoms with Crippen LogP contribution >= 0.6 is 0 Å². The average Bonchev–Trinajstić information content (AvgIpc) is 3.21. The minimum atomic E-state index is -0.427. The van der Waals surface area contributed by atoms with Gasteiger partial charge in [-0.05, 0) is 18.8 Å². The predicted molar refractivity (Wildman–Crippen MR) is 125 cm³/mol. The maximum Gasteiger partial charge on any atom is 0.316 e. The Morgan fingerprint density at radius 1 is 1.12 bits per heavy atom. The summed E-state index contributed by atoms with van der Waals surface area (Å²) in [5.41, 5.74) is 0. The van der Waals surface area contributed by atoms with Crippen LogP contribution in [0.1, 0.15) is 51.2 Å². The molecule has 0 bridgehead atoms. The normalized spacial score (nSPS) is 18.9. The van der Waals surface area contributed by atoms with E-state index in [0.717, 1.165) is 57.7 Å². The maximum atomic E-state index is 12.2. The van der Waals surface area contributed by atoms with E-state index in [9.17, 15) is 9.90 Å². The van der Waals surface area contributed by atoms with Gasteiger partial charge in [-0.1, -0.05) is 18.6 Å². The van der Waals surface area contributed by atoms with E-state index in [1.807, 2.05) is 27.0 Å². The molecule has 0 aromatic carbocycles. The number of aromatic nitrogens is 3. The van der Waals surface area contributed by atoms with Gasteiger partial charge in [0.15, 0.2) is 11.5 Å². The number of carbonyl (C=O) groups excluding carboxylic acids is 1. The van der Waals surface area contributed by atoms with Crippen molar-refractivity contribution < 1.29 is 28.6 Å². The number of nitrogens with zero attached hydrogens (tertiary/aromatic N) is 5. The summed E-state index contributed by atoms with van der Waals surface area (Å²) in [6, 6.07) is 1.95. The zero-order valence-corrected chi connectivity index (χ0v) is 20.5. The molecule has 0 radical (unpaired) electrons. The van der Waals surface area contributed by atoms with Crippen LogP contribution in [-0.2, 0) is 16.6 Å². The van der Waals surface area contributed by atoms with E-state index in [2.05, 4.69) is 19.8 Å². The second-order valence-electron chi connectivity index (χ2n) is 9.48. The first-order valence-electron chi connectivity index (χ1n) is 12.1. The number of esters is 1. The van der Waals surface area contributed by atoms with Gasteiger partial charge in [-0.25, -0.2) is 9.97 Å². The topological polar surface area (TPSA) is 105 Å². The number of methoxy groups -OCH3 is 1. The molecule has 0 aliphatic carbocycles. The molecule has 34 heavy (non-hydrogen) atoms. The third kappa shape index (κ3) is 5.43. The molecule has 0 amide bonds. The standard InChI is InChI=1S/C24H36N5O5/c1-16(2)22(23(31)32-4)20-13-21(27(3)34-20)28-11-7-18(8-12-28)33-19-14-25-24(26-15-19)29-9-5-17(30)6-10-29/h13-18,22,30H,5-12H2,1-4H3/q+1. The van der Waals surface area contributed by atoms with Crippen molar-refractivity contribution in [1.29, 1.82) is 0 Å². The Labute approximate surface area is 200 Å². The van der Waals surface area contributed by atoms with E-state index in [-0.39, 0.29) is 24.1 Å². The molecule has 0 saturated carbocycles. The summed E-state index contributed by atoms with van der Waals surface area (Å²) >= 11 is 0. The van der Waals surface area contributed by atoms with Crippen molar-refractivity contribution in [2.75, 3.05) is 43.1 Å². The zero-order chi connectivity index (χ0) is 24.2. The highest BCUT2D eigenvalue weighted by Gasteiger charge is 2.35. The van der Waals surface area contributed by atoms with Crippen LogP contribution in [0.3, 0.4) is 0 Å². The number of aliphatic hydroxyl groups is 1. The van der Waals surface area contributed by atoms with E-state index >= 15 is 0 Å². The number of rotatable bonds is 7. The van der Waals surface area contributed by atoms with Crippen LogP contribution in [0.4, 0.5) is 11.8 Å². The summed E-state index contributed by atoms with van der Waals surface area (Å²) in [5.74, 6) is 2.29. The van der Waals surface area contributed by atoms with Gasteiger partial charge in [0.25, 0.3) is 0 Å². The third-order valence-corrected chi connectivity index (χ3v) is 6.70. The Bertz CT molecular complexity index is 947. The number of anilines is 2. The highest BCUT2D eigenvalue weighted by molar-refractivity contribution is 5.77. The molecule has 4 rings (SSSR count). The number of piperidine rings is 2. The summed E-state index contributed by atoms with van der Waals surface area (Å²) < 4.78 is 18.8. The molecule has 186 valence electrons. The number of ether oxygens (including phenoxy) is 2. The van der Waals surface area contributed by atoms with Crippen molar-refractivity contribution in [3.63, 3.8) is 0 Å². The van der Waals surface area contributed by atoms with Crippen molar-refractivity contribution in [1.82, 2.24) is 9.97 Å². The first-order chi connectivity index (χ1) is 16.4. The number of carbonyl (C=O) groups is 1. The maximum absolute atomic E-state index is 12.2. The van der Waals surface area contributed by atoms with Gasteiger partial charge >= 0.3 is 11.8 Å². The second-order valence-corrected chi connectivity index (χ2v) is 9.48. The molecule has 4 heterocycles. The second kappa shape index (κ2) is 10.6. The lowest BCUT2D eigenvalue weighted by molar-refractivity contribution is -0.836. The average molecular weight is 475 g/mol. The van der Waals surface area contributed by atoms with E-state index < -0.39 is 5.92 Å². The van der Waals surface area contributed by atoms with Crippen LogP contribution in [0.25, 0.3) is 0 Å². The molecule has 2 aromatic heterocycles. The summed E-state index contributed by atoms with van der Waals surface area (Å²) in [7, 11) is 3.27. The fourth-order valence-electron chi connectivity index (χ4n) is 4.72. The van der Waals surface area contributed by atoms with Gasteiger partial charge in [-0.2, -0.15) is 0 Å². The zero-order valence-electron chi connectivity index (χ0n) is 20.5. The van der Waals surface area contributed by atoms with Gasteiger partial charge in [0.2, 0.25) is 5.95 Å². The van der Waals surface area contributed by atoms with Crippen molar-refractivity contribution in [3.05, 3.63) is 24.2 Å².